The van der Waals surface area contributed by atoms with Crippen LogP contribution in [0.5, 0.6) is 11.5 Å². The number of nitrogens with zero attached hydrogens (tertiary/aromatic N) is 1. The summed E-state index contributed by atoms with van der Waals surface area (Å²) in [6.07, 6.45) is 3.76. The molecular formula is C15H19F2N3O3S. The zero-order valence-electron chi connectivity index (χ0n) is 13.1. The average Bonchev–Trinajstić information content (AvgIpc) is 3.07. The molecule has 1 aromatic carbocycles. The fourth-order valence-corrected chi connectivity index (χ4v) is 2.31. The van der Waals surface area contributed by atoms with Gasteiger partial charge in [-0.1, -0.05) is 0 Å². The maximum Gasteiger partial charge on any atom is 0.387 e. The molecule has 0 radical (unpaired) electrons. The van der Waals surface area contributed by atoms with E-state index in [1.54, 1.807) is 6.07 Å². The van der Waals surface area contributed by atoms with Crippen molar-refractivity contribution in [1.29, 1.82) is 0 Å². The van der Waals surface area contributed by atoms with Gasteiger partial charge < -0.3 is 19.5 Å². The third-order valence-corrected chi connectivity index (χ3v) is 3.53. The SMILES string of the molecule is COc1cc(/C=N/NC(=S)NCC2CCCO2)ccc1OC(F)F. The number of benzene rings is 1. The molecule has 6 nitrogen and oxygen atoms in total. The minimum Gasteiger partial charge on any atom is -0.493 e. The molecule has 1 fully saturated rings. The molecule has 0 aliphatic carbocycles. The van der Waals surface area contributed by atoms with Crippen LogP contribution in [0.2, 0.25) is 0 Å². The standard InChI is InChI=1S/C15H19F2N3O3S/c1-21-13-7-10(4-5-12(13)23-14(16)17)8-19-20-15(24)18-9-11-3-2-6-22-11/h4-5,7-8,11,14H,2-3,6,9H2,1H3,(H2,18,20,24)/b19-8+. The van der Waals surface area contributed by atoms with E-state index in [4.69, 9.17) is 21.7 Å². The van der Waals surface area contributed by atoms with E-state index in [9.17, 15) is 8.78 Å². The molecule has 1 atom stereocenters. The molecule has 1 heterocycles. The lowest BCUT2D eigenvalue weighted by Crippen LogP contribution is -2.37. The molecule has 9 heteroatoms. The first-order valence-corrected chi connectivity index (χ1v) is 7.80. The van der Waals surface area contributed by atoms with Crippen LogP contribution in [0, 0.1) is 0 Å². The normalized spacial score (nSPS) is 17.2. The molecule has 1 aliphatic heterocycles. The summed E-state index contributed by atoms with van der Waals surface area (Å²) >= 11 is 5.10. The first kappa shape index (κ1) is 18.3. The van der Waals surface area contributed by atoms with Gasteiger partial charge in [0.05, 0.1) is 19.4 Å². The second-order valence-electron chi connectivity index (χ2n) is 5.00. The van der Waals surface area contributed by atoms with E-state index >= 15 is 0 Å². The highest BCUT2D eigenvalue weighted by Gasteiger charge is 2.15. The van der Waals surface area contributed by atoms with Gasteiger partial charge in [0.1, 0.15) is 0 Å². The third kappa shape index (κ3) is 5.89. The summed E-state index contributed by atoms with van der Waals surface area (Å²) in [6.45, 7) is -1.49. The molecule has 1 saturated heterocycles. The van der Waals surface area contributed by atoms with Crippen LogP contribution in [0.4, 0.5) is 8.78 Å². The van der Waals surface area contributed by atoms with Crippen LogP contribution in [0.1, 0.15) is 18.4 Å². The summed E-state index contributed by atoms with van der Waals surface area (Å²) in [4.78, 5) is 0. The van der Waals surface area contributed by atoms with Crippen molar-refractivity contribution in [2.75, 3.05) is 20.3 Å². The van der Waals surface area contributed by atoms with Gasteiger partial charge in [-0.15, -0.1) is 0 Å². The van der Waals surface area contributed by atoms with Gasteiger partial charge in [-0.05, 0) is 48.8 Å². The van der Waals surface area contributed by atoms with E-state index in [0.29, 0.717) is 17.2 Å². The second-order valence-corrected chi connectivity index (χ2v) is 5.41. The van der Waals surface area contributed by atoms with E-state index in [1.807, 2.05) is 0 Å². The third-order valence-electron chi connectivity index (χ3n) is 3.30. The van der Waals surface area contributed by atoms with Crippen molar-refractivity contribution in [2.45, 2.75) is 25.6 Å². The molecule has 0 saturated carbocycles. The number of hydrogen-bond acceptors (Lipinski definition) is 5. The zero-order chi connectivity index (χ0) is 17.4. The monoisotopic (exact) mass is 359 g/mol. The Hall–Kier alpha value is -2.00. The minimum atomic E-state index is -2.91. The van der Waals surface area contributed by atoms with Gasteiger partial charge >= 0.3 is 6.61 Å². The Kier molecular flexibility index (Phi) is 7.13. The topological polar surface area (TPSA) is 64.1 Å². The van der Waals surface area contributed by atoms with Gasteiger partial charge in [0.25, 0.3) is 0 Å². The average molecular weight is 359 g/mol. The quantitative estimate of drug-likeness (QED) is 0.442. The number of rotatable bonds is 7. The lowest BCUT2D eigenvalue weighted by molar-refractivity contribution is -0.0512. The molecule has 1 aromatic rings. The van der Waals surface area contributed by atoms with Crippen LogP contribution in [0.3, 0.4) is 0 Å². The molecule has 1 unspecified atom stereocenters. The summed E-state index contributed by atoms with van der Waals surface area (Å²) in [6, 6.07) is 4.50. The Morgan fingerprint density at radius 1 is 1.50 bits per heavy atom. The molecule has 1 aliphatic rings. The lowest BCUT2D eigenvalue weighted by atomic mass is 10.2. The maximum absolute atomic E-state index is 12.3. The predicted molar refractivity (Wildman–Crippen MR) is 89.9 cm³/mol. The van der Waals surface area contributed by atoms with Gasteiger partial charge in [0.2, 0.25) is 0 Å². The second kappa shape index (κ2) is 9.33. The van der Waals surface area contributed by atoms with E-state index in [1.165, 1.54) is 25.5 Å². The molecule has 0 aromatic heterocycles. The van der Waals surface area contributed by atoms with Crippen molar-refractivity contribution in [3.8, 4) is 11.5 Å². The molecule has 24 heavy (non-hydrogen) atoms. The van der Waals surface area contributed by atoms with Gasteiger partial charge in [0.15, 0.2) is 16.6 Å². The Bertz CT molecular complexity index is 581. The smallest absolute Gasteiger partial charge is 0.387 e. The molecular weight excluding hydrogens is 340 g/mol. The van der Waals surface area contributed by atoms with Gasteiger partial charge in [-0.25, -0.2) is 0 Å². The van der Waals surface area contributed by atoms with Crippen molar-refractivity contribution in [1.82, 2.24) is 10.7 Å². The van der Waals surface area contributed by atoms with Crippen LogP contribution in [0.15, 0.2) is 23.3 Å². The summed E-state index contributed by atoms with van der Waals surface area (Å²) in [7, 11) is 1.37. The summed E-state index contributed by atoms with van der Waals surface area (Å²) in [5, 5.41) is 7.39. The number of ether oxygens (including phenoxy) is 3. The molecule has 0 bridgehead atoms. The van der Waals surface area contributed by atoms with E-state index in [0.717, 1.165) is 19.4 Å². The van der Waals surface area contributed by atoms with Crippen molar-refractivity contribution in [3.05, 3.63) is 23.8 Å². The highest BCUT2D eigenvalue weighted by Crippen LogP contribution is 2.28. The number of methoxy groups -OCH3 is 1. The van der Waals surface area contributed by atoms with E-state index < -0.39 is 6.61 Å². The van der Waals surface area contributed by atoms with Crippen LogP contribution >= 0.6 is 12.2 Å². The summed E-state index contributed by atoms with van der Waals surface area (Å²) < 4.78 is 39.4. The fraction of sp³-hybridized carbons (Fsp3) is 0.467. The van der Waals surface area contributed by atoms with Crippen LogP contribution in [0.25, 0.3) is 0 Å². The summed E-state index contributed by atoms with van der Waals surface area (Å²) in [5.41, 5.74) is 3.32. The van der Waals surface area contributed by atoms with Gasteiger partial charge in [0, 0.05) is 13.2 Å². The van der Waals surface area contributed by atoms with Crippen LogP contribution in [-0.4, -0.2) is 44.3 Å². The highest BCUT2D eigenvalue weighted by atomic mass is 32.1. The van der Waals surface area contributed by atoms with Crippen molar-refractivity contribution >= 4 is 23.5 Å². The van der Waals surface area contributed by atoms with Crippen LogP contribution in [-0.2, 0) is 4.74 Å². The Labute approximate surface area is 144 Å². The van der Waals surface area contributed by atoms with Crippen molar-refractivity contribution < 1.29 is 23.0 Å². The fourth-order valence-electron chi connectivity index (χ4n) is 2.17. The van der Waals surface area contributed by atoms with E-state index in [-0.39, 0.29) is 17.6 Å². The molecule has 2 N–H and O–H groups in total. The Balaban J connectivity index is 1.83. The Morgan fingerprint density at radius 2 is 2.33 bits per heavy atom. The maximum atomic E-state index is 12.3. The lowest BCUT2D eigenvalue weighted by Gasteiger charge is -2.12. The zero-order valence-corrected chi connectivity index (χ0v) is 13.9. The first-order valence-electron chi connectivity index (χ1n) is 7.40. The summed E-state index contributed by atoms with van der Waals surface area (Å²) in [5.74, 6) is 0.157. The molecule has 0 amide bonds. The van der Waals surface area contributed by atoms with Gasteiger partial charge in [-0.2, -0.15) is 13.9 Å². The number of nitrogens with one attached hydrogen (secondary N) is 2. The minimum absolute atomic E-state index is 0.0358. The van der Waals surface area contributed by atoms with Crippen LogP contribution < -0.4 is 20.2 Å². The predicted octanol–water partition coefficient (Wildman–Crippen LogP) is 2.27. The largest absolute Gasteiger partial charge is 0.493 e. The van der Waals surface area contributed by atoms with Crippen molar-refractivity contribution in [3.63, 3.8) is 0 Å². The highest BCUT2D eigenvalue weighted by molar-refractivity contribution is 7.80. The number of alkyl halides is 2. The number of hydrazone groups is 1. The van der Waals surface area contributed by atoms with Crippen molar-refractivity contribution in [2.24, 2.45) is 5.10 Å². The number of halogens is 2. The Morgan fingerprint density at radius 3 is 3.00 bits per heavy atom. The molecule has 132 valence electrons. The first-order chi connectivity index (χ1) is 11.6. The molecule has 0 spiro atoms. The van der Waals surface area contributed by atoms with Gasteiger partial charge in [-0.3, -0.25) is 5.43 Å². The molecule has 2 rings (SSSR count). The van der Waals surface area contributed by atoms with E-state index in [2.05, 4.69) is 20.6 Å². The number of hydrogen-bond donors (Lipinski definition) is 2. The number of thiocarbonyl (C=S) groups is 1.